The topological polar surface area (TPSA) is 149 Å². The van der Waals surface area contributed by atoms with Crippen molar-refractivity contribution in [2.75, 3.05) is 26.7 Å². The molecular weight excluding hydrogens is 689 g/mol. The van der Waals surface area contributed by atoms with E-state index < -0.39 is 0 Å². The molecule has 0 radical (unpaired) electrons. The van der Waals surface area contributed by atoms with Crippen molar-refractivity contribution in [1.82, 2.24) is 30.5 Å². The summed E-state index contributed by atoms with van der Waals surface area (Å²) in [5.74, 6) is 0.764. The van der Waals surface area contributed by atoms with E-state index in [-0.39, 0.29) is 24.1 Å². The molecule has 3 N–H and O–H groups in total. The van der Waals surface area contributed by atoms with Gasteiger partial charge in [0.25, 0.3) is 0 Å². The van der Waals surface area contributed by atoms with Crippen molar-refractivity contribution < 1.29 is 19.1 Å². The fraction of sp³-hybridized carbons (Fsp3) is 0.342. The lowest BCUT2D eigenvalue weighted by molar-refractivity contribution is -0.119. The van der Waals surface area contributed by atoms with Crippen molar-refractivity contribution in [1.29, 1.82) is 5.26 Å². The first-order chi connectivity index (χ1) is 24.8. The van der Waals surface area contributed by atoms with Crippen LogP contribution in [0.2, 0.25) is 10.0 Å². The molecule has 3 aliphatic rings. The van der Waals surface area contributed by atoms with Crippen molar-refractivity contribution in [3.05, 3.63) is 81.1 Å². The van der Waals surface area contributed by atoms with Crippen molar-refractivity contribution in [2.24, 2.45) is 0 Å². The van der Waals surface area contributed by atoms with Gasteiger partial charge in [-0.3, -0.25) is 14.7 Å². The zero-order valence-corrected chi connectivity index (χ0v) is 29.4. The molecule has 0 saturated carbocycles. The van der Waals surface area contributed by atoms with E-state index in [0.717, 1.165) is 43.4 Å². The number of methoxy groups -OCH3 is 1. The number of fused-ring (bicyclic) bond motifs is 2. The van der Waals surface area contributed by atoms with Gasteiger partial charge in [-0.1, -0.05) is 53.5 Å². The number of carbonyl (C=O) groups is 1. The first kappa shape index (κ1) is 33.6. The second-order valence-electron chi connectivity index (χ2n) is 13.3. The van der Waals surface area contributed by atoms with Crippen molar-refractivity contribution >= 4 is 40.2 Å². The van der Waals surface area contributed by atoms with Gasteiger partial charge in [-0.05, 0) is 48.9 Å². The van der Waals surface area contributed by atoms with Crippen LogP contribution in [-0.2, 0) is 17.8 Å². The number of halogens is 2. The normalized spacial score (nSPS) is 20.1. The van der Waals surface area contributed by atoms with E-state index in [0.29, 0.717) is 98.2 Å². The maximum absolute atomic E-state index is 11.5. The zero-order chi connectivity index (χ0) is 35.2. The first-order valence-corrected chi connectivity index (χ1v) is 17.8. The van der Waals surface area contributed by atoms with E-state index in [2.05, 4.69) is 26.6 Å². The number of nitrogens with one attached hydrogen (secondary N) is 2. The van der Waals surface area contributed by atoms with Gasteiger partial charge in [0.1, 0.15) is 22.8 Å². The minimum absolute atomic E-state index is 0.0769. The number of rotatable bonds is 9. The van der Waals surface area contributed by atoms with E-state index in [1.54, 1.807) is 13.3 Å². The smallest absolute Gasteiger partial charge is 0.237 e. The van der Waals surface area contributed by atoms with Crippen LogP contribution in [0.3, 0.4) is 0 Å². The predicted molar refractivity (Wildman–Crippen MR) is 193 cm³/mol. The number of oxazole rings is 1. The number of hydrogen-bond acceptors (Lipinski definition) is 10. The van der Waals surface area contributed by atoms with Crippen molar-refractivity contribution in [3.8, 4) is 45.8 Å². The van der Waals surface area contributed by atoms with Crippen LogP contribution in [0.25, 0.3) is 44.9 Å². The summed E-state index contributed by atoms with van der Waals surface area (Å²) in [6.45, 7) is 2.51. The highest BCUT2D eigenvalue weighted by atomic mass is 35.5. The van der Waals surface area contributed by atoms with E-state index in [9.17, 15) is 15.2 Å². The quantitative estimate of drug-likeness (QED) is 0.160. The van der Waals surface area contributed by atoms with Gasteiger partial charge >= 0.3 is 0 Å². The standard InChI is InChI=1S/C38H35Cl2N7O4/c1-50-38-31(17-42-16-20-8-11-33(49)44-20)43-18-30(46-38)25-6-2-4-23(34(25)39)24-5-3-7-26(35(24)40)37-45-29-14-27-22(28(15-41)36(29)51-37)9-10-32(27)47-13-12-21(48)19-47/h2-7,14,18,20-21,32,42,48H,8-13,16-17,19H2,1H3,(H,44,49)/t20-,21+,32+/m0/s1. The van der Waals surface area contributed by atoms with Crippen LogP contribution in [0.4, 0.5) is 0 Å². The highest BCUT2D eigenvalue weighted by Crippen LogP contribution is 2.45. The molecule has 0 spiro atoms. The van der Waals surface area contributed by atoms with Crippen LogP contribution in [0.1, 0.15) is 54.1 Å². The van der Waals surface area contributed by atoms with Gasteiger partial charge in [-0.15, -0.1) is 0 Å². The molecule has 2 aliphatic heterocycles. The summed E-state index contributed by atoms with van der Waals surface area (Å²) < 4.78 is 11.9. The zero-order valence-electron chi connectivity index (χ0n) is 27.9. The number of carbonyl (C=O) groups excluding carboxylic acids is 1. The van der Waals surface area contributed by atoms with E-state index in [1.807, 2.05) is 42.5 Å². The number of nitriles is 1. The molecule has 1 amide bonds. The number of benzene rings is 3. The molecule has 2 saturated heterocycles. The Balaban J connectivity index is 1.09. The molecule has 0 bridgehead atoms. The van der Waals surface area contributed by atoms with Crippen molar-refractivity contribution in [3.63, 3.8) is 0 Å². The van der Waals surface area contributed by atoms with Gasteiger partial charge in [-0.2, -0.15) is 5.26 Å². The van der Waals surface area contributed by atoms with Crippen LogP contribution in [-0.4, -0.2) is 69.8 Å². The minimum Gasteiger partial charge on any atom is -0.480 e. The van der Waals surface area contributed by atoms with Gasteiger partial charge in [0.2, 0.25) is 17.7 Å². The van der Waals surface area contributed by atoms with Crippen LogP contribution in [0.5, 0.6) is 5.88 Å². The Kier molecular flexibility index (Phi) is 9.12. The van der Waals surface area contributed by atoms with Gasteiger partial charge < -0.3 is 24.9 Å². The number of likely N-dealkylation sites (tertiary alicyclic amines) is 1. The number of ether oxygens (including phenoxy) is 1. The number of β-amino-alcohol motifs (C(OH)–C–C–N with tert-alkyl or cyclic N) is 1. The van der Waals surface area contributed by atoms with Gasteiger partial charge in [-0.25, -0.2) is 9.97 Å². The lowest BCUT2D eigenvalue weighted by atomic mass is 9.99. The number of nitrogens with zero attached hydrogens (tertiary/aromatic N) is 5. The highest BCUT2D eigenvalue weighted by Gasteiger charge is 2.35. The Hall–Kier alpha value is -4.57. The number of aromatic nitrogens is 3. The molecule has 8 rings (SSSR count). The second-order valence-corrected chi connectivity index (χ2v) is 14.0. The highest BCUT2D eigenvalue weighted by molar-refractivity contribution is 6.39. The molecule has 1 aliphatic carbocycles. The molecule has 4 heterocycles. The largest absolute Gasteiger partial charge is 0.480 e. The van der Waals surface area contributed by atoms with Crippen LogP contribution < -0.4 is 15.4 Å². The molecule has 260 valence electrons. The van der Waals surface area contributed by atoms with E-state index in [1.165, 1.54) is 0 Å². The summed E-state index contributed by atoms with van der Waals surface area (Å²) in [7, 11) is 1.55. The van der Waals surface area contributed by atoms with E-state index in [4.69, 9.17) is 42.3 Å². The molecule has 5 aromatic rings. The Morgan fingerprint density at radius 1 is 1.08 bits per heavy atom. The Morgan fingerprint density at radius 2 is 1.84 bits per heavy atom. The second kappa shape index (κ2) is 13.9. The third-order valence-corrected chi connectivity index (χ3v) is 11.0. The van der Waals surface area contributed by atoms with Crippen LogP contribution >= 0.6 is 23.2 Å². The molecular formula is C38H35Cl2N7O4. The minimum atomic E-state index is -0.321. The molecule has 2 fully saturated rings. The maximum Gasteiger partial charge on any atom is 0.237 e. The number of amides is 1. The molecule has 3 atom stereocenters. The van der Waals surface area contributed by atoms with Gasteiger partial charge in [0.05, 0.1) is 40.7 Å². The van der Waals surface area contributed by atoms with Gasteiger partial charge in [0.15, 0.2) is 5.58 Å². The predicted octanol–water partition coefficient (Wildman–Crippen LogP) is 6.23. The lowest BCUT2D eigenvalue weighted by Gasteiger charge is -2.24. The number of aliphatic hydroxyl groups is 1. The molecule has 13 heteroatoms. The molecule has 51 heavy (non-hydrogen) atoms. The SMILES string of the molecule is COc1nc(-c2cccc(-c3cccc(-c4nc5cc6c(c(C#N)c5o4)CC[C@H]6N4CC[C@@H](O)C4)c3Cl)c2Cl)cnc1CNC[C@@H]1CCC(=O)N1. The Morgan fingerprint density at radius 3 is 2.55 bits per heavy atom. The molecule has 3 aromatic carbocycles. The Bertz CT molecular complexity index is 2220. The summed E-state index contributed by atoms with van der Waals surface area (Å²) in [5.41, 5.74) is 7.41. The van der Waals surface area contributed by atoms with Crippen LogP contribution in [0, 0.1) is 11.3 Å². The first-order valence-electron chi connectivity index (χ1n) is 17.1. The average molecular weight is 725 g/mol. The third-order valence-electron chi connectivity index (χ3n) is 10.2. The fourth-order valence-corrected chi connectivity index (χ4v) is 8.27. The fourth-order valence-electron chi connectivity index (χ4n) is 7.64. The summed E-state index contributed by atoms with van der Waals surface area (Å²) in [6, 6.07) is 15.9. The summed E-state index contributed by atoms with van der Waals surface area (Å²) in [4.78, 5) is 28.0. The van der Waals surface area contributed by atoms with E-state index >= 15 is 0 Å². The number of hydrogen-bond donors (Lipinski definition) is 3. The number of aliphatic hydroxyl groups excluding tert-OH is 1. The lowest BCUT2D eigenvalue weighted by Crippen LogP contribution is -2.35. The molecule has 11 nitrogen and oxygen atoms in total. The molecule has 0 unspecified atom stereocenters. The third kappa shape index (κ3) is 6.21. The summed E-state index contributed by atoms with van der Waals surface area (Å²) >= 11 is 14.2. The van der Waals surface area contributed by atoms with Gasteiger partial charge in [0, 0.05) is 61.4 Å². The maximum atomic E-state index is 11.5. The average Bonchev–Trinajstić information content (AvgIpc) is 3.95. The monoisotopic (exact) mass is 723 g/mol. The Labute approximate surface area is 304 Å². The van der Waals surface area contributed by atoms with Crippen molar-refractivity contribution in [2.45, 2.75) is 56.8 Å². The summed E-state index contributed by atoms with van der Waals surface area (Å²) in [6.07, 6.45) is 5.12. The summed E-state index contributed by atoms with van der Waals surface area (Å²) in [5, 5.41) is 27.5. The van der Waals surface area contributed by atoms with Crippen LogP contribution in [0.15, 0.2) is 53.1 Å². The molecule has 2 aromatic heterocycles.